The third-order valence-corrected chi connectivity index (χ3v) is 5.28. The van der Waals surface area contributed by atoms with Crippen LogP contribution in [0, 0.1) is 11.2 Å². The fourth-order valence-corrected chi connectivity index (χ4v) is 3.69. The molecule has 0 saturated carbocycles. The summed E-state index contributed by atoms with van der Waals surface area (Å²) in [5.41, 5.74) is -2.04. The number of hydrogen-bond acceptors (Lipinski definition) is 5. The van der Waals surface area contributed by atoms with Crippen LogP contribution in [0.3, 0.4) is 0 Å². The molecule has 1 aliphatic heterocycles. The summed E-state index contributed by atoms with van der Waals surface area (Å²) in [6.45, 7) is 6.86. The average Bonchev–Trinajstić information content (AvgIpc) is 2.65. The van der Waals surface area contributed by atoms with Crippen LogP contribution < -0.4 is 0 Å². The van der Waals surface area contributed by atoms with Gasteiger partial charge >= 0.3 is 5.97 Å². The van der Waals surface area contributed by atoms with Crippen molar-refractivity contribution < 1.29 is 27.1 Å². The van der Waals surface area contributed by atoms with Crippen LogP contribution in [0.15, 0.2) is 29.2 Å². The van der Waals surface area contributed by atoms with E-state index in [2.05, 4.69) is 0 Å². The minimum Gasteiger partial charge on any atom is -0.433 e. The van der Waals surface area contributed by atoms with Crippen LogP contribution in [0.1, 0.15) is 27.7 Å². The molecular formula is C15H19FO5S. The van der Waals surface area contributed by atoms with Gasteiger partial charge in [-0.1, -0.05) is 20.8 Å². The van der Waals surface area contributed by atoms with Crippen molar-refractivity contribution in [3.05, 3.63) is 30.1 Å². The molecule has 0 amide bonds. The number of sulfone groups is 1. The largest absolute Gasteiger partial charge is 0.433 e. The van der Waals surface area contributed by atoms with Gasteiger partial charge in [-0.25, -0.2) is 17.6 Å². The molecule has 0 spiro atoms. The molecule has 0 radical (unpaired) electrons. The van der Waals surface area contributed by atoms with E-state index in [0.29, 0.717) is 0 Å². The molecule has 0 bridgehead atoms. The van der Waals surface area contributed by atoms with Crippen molar-refractivity contribution in [2.24, 2.45) is 5.41 Å². The molecule has 5 nitrogen and oxygen atoms in total. The van der Waals surface area contributed by atoms with Gasteiger partial charge < -0.3 is 9.47 Å². The topological polar surface area (TPSA) is 69.7 Å². The van der Waals surface area contributed by atoms with E-state index in [1.54, 1.807) is 0 Å². The standard InChI is InChI=1S/C15H19FO5S/c1-14(2,3)13-20-12(17)15(4,21-13)9-22(18,19)11-7-5-10(16)6-8-11/h5-8,13H,9H2,1-4H3/t13-,15+/m1/s1. The van der Waals surface area contributed by atoms with E-state index < -0.39 is 44.7 Å². The van der Waals surface area contributed by atoms with Crippen LogP contribution in [-0.4, -0.2) is 32.0 Å². The zero-order chi connectivity index (χ0) is 16.8. The summed E-state index contributed by atoms with van der Waals surface area (Å²) in [7, 11) is -3.81. The van der Waals surface area contributed by atoms with Gasteiger partial charge in [-0.15, -0.1) is 0 Å². The summed E-state index contributed by atoms with van der Waals surface area (Å²) in [5.74, 6) is -1.80. The molecule has 1 aromatic rings. The summed E-state index contributed by atoms with van der Waals surface area (Å²) < 4.78 is 48.4. The first kappa shape index (κ1) is 16.9. The second-order valence-electron chi connectivity index (χ2n) is 6.66. The molecule has 122 valence electrons. The third kappa shape index (κ3) is 3.30. The van der Waals surface area contributed by atoms with Crippen LogP contribution >= 0.6 is 0 Å². The molecule has 1 aromatic carbocycles. The number of ether oxygens (including phenoxy) is 2. The lowest BCUT2D eigenvalue weighted by atomic mass is 9.96. The van der Waals surface area contributed by atoms with E-state index >= 15 is 0 Å². The number of carbonyl (C=O) groups excluding carboxylic acids is 1. The van der Waals surface area contributed by atoms with E-state index in [9.17, 15) is 17.6 Å². The Morgan fingerprint density at radius 3 is 2.23 bits per heavy atom. The van der Waals surface area contributed by atoms with Gasteiger partial charge in [0.05, 0.1) is 10.6 Å². The number of hydrogen-bond donors (Lipinski definition) is 0. The molecule has 1 saturated heterocycles. The van der Waals surface area contributed by atoms with Gasteiger partial charge in [0.15, 0.2) is 15.4 Å². The van der Waals surface area contributed by atoms with E-state index in [4.69, 9.17) is 9.47 Å². The van der Waals surface area contributed by atoms with Crippen LogP contribution in [0.2, 0.25) is 0 Å². The van der Waals surface area contributed by atoms with Gasteiger partial charge in [0.2, 0.25) is 6.29 Å². The number of cyclic esters (lactones) is 1. The second-order valence-corrected chi connectivity index (χ2v) is 8.65. The van der Waals surface area contributed by atoms with Crippen LogP contribution in [0.5, 0.6) is 0 Å². The summed E-state index contributed by atoms with van der Waals surface area (Å²) in [6, 6.07) is 4.44. The summed E-state index contributed by atoms with van der Waals surface area (Å²) in [4.78, 5) is 12.0. The molecule has 2 atom stereocenters. The minimum absolute atomic E-state index is 0.0641. The third-order valence-electron chi connectivity index (χ3n) is 3.36. The van der Waals surface area contributed by atoms with Gasteiger partial charge in [0, 0.05) is 5.41 Å². The molecule has 1 heterocycles. The Morgan fingerprint density at radius 2 is 1.77 bits per heavy atom. The van der Waals surface area contributed by atoms with Gasteiger partial charge in [0.25, 0.3) is 0 Å². The summed E-state index contributed by atoms with van der Waals surface area (Å²) >= 11 is 0. The number of carbonyl (C=O) groups is 1. The maximum Gasteiger partial charge on any atom is 0.341 e. The number of esters is 1. The Hall–Kier alpha value is -1.47. The zero-order valence-corrected chi connectivity index (χ0v) is 13.7. The molecule has 1 fully saturated rings. The quantitative estimate of drug-likeness (QED) is 0.628. The predicted octanol–water partition coefficient (Wildman–Crippen LogP) is 2.30. The van der Waals surface area contributed by atoms with Gasteiger partial charge in [-0.05, 0) is 31.2 Å². The lowest BCUT2D eigenvalue weighted by Gasteiger charge is -2.26. The molecule has 1 aliphatic rings. The van der Waals surface area contributed by atoms with Crippen molar-refractivity contribution in [3.63, 3.8) is 0 Å². The molecule has 7 heteroatoms. The number of rotatable bonds is 3. The highest BCUT2D eigenvalue weighted by atomic mass is 32.2. The first-order valence-electron chi connectivity index (χ1n) is 6.81. The number of halogens is 1. The van der Waals surface area contributed by atoms with Crippen LogP contribution in [0.4, 0.5) is 4.39 Å². The highest BCUT2D eigenvalue weighted by Gasteiger charge is 2.52. The predicted molar refractivity (Wildman–Crippen MR) is 77.3 cm³/mol. The van der Waals surface area contributed by atoms with E-state index in [1.807, 2.05) is 20.8 Å². The maximum atomic E-state index is 12.9. The normalized spacial score (nSPS) is 26.0. The maximum absolute atomic E-state index is 12.9. The van der Waals surface area contributed by atoms with Crippen molar-refractivity contribution in [2.45, 2.75) is 44.5 Å². The lowest BCUT2D eigenvalue weighted by Crippen LogP contribution is -2.41. The van der Waals surface area contributed by atoms with Gasteiger partial charge in [0.1, 0.15) is 5.82 Å². The van der Waals surface area contributed by atoms with E-state index in [1.165, 1.54) is 6.92 Å². The Morgan fingerprint density at radius 1 is 1.23 bits per heavy atom. The fraction of sp³-hybridized carbons (Fsp3) is 0.533. The molecule has 22 heavy (non-hydrogen) atoms. The Labute approximate surface area is 129 Å². The van der Waals surface area contributed by atoms with Crippen molar-refractivity contribution >= 4 is 15.8 Å². The smallest absolute Gasteiger partial charge is 0.341 e. The monoisotopic (exact) mass is 330 g/mol. The lowest BCUT2D eigenvalue weighted by molar-refractivity contribution is -0.155. The first-order chi connectivity index (χ1) is 9.94. The number of benzene rings is 1. The van der Waals surface area contributed by atoms with Crippen LogP contribution in [-0.2, 0) is 24.1 Å². The fourth-order valence-electron chi connectivity index (χ4n) is 2.06. The molecule has 2 rings (SSSR count). The SMILES string of the molecule is CC(C)(C)[C@@H]1OC(=O)[C@](C)(CS(=O)(=O)c2ccc(F)cc2)O1. The van der Waals surface area contributed by atoms with Crippen LogP contribution in [0.25, 0.3) is 0 Å². The molecule has 0 aromatic heterocycles. The Bertz CT molecular complexity index is 675. The Kier molecular flexibility index (Phi) is 4.08. The molecule has 0 aliphatic carbocycles. The molecular weight excluding hydrogens is 311 g/mol. The summed E-state index contributed by atoms with van der Waals surface area (Å²) in [5, 5.41) is 0. The first-order valence-corrected chi connectivity index (χ1v) is 8.46. The minimum atomic E-state index is -3.81. The van der Waals surface area contributed by atoms with E-state index in [0.717, 1.165) is 24.3 Å². The van der Waals surface area contributed by atoms with Crippen molar-refractivity contribution in [2.75, 3.05) is 5.75 Å². The zero-order valence-electron chi connectivity index (χ0n) is 12.9. The van der Waals surface area contributed by atoms with Crippen molar-refractivity contribution in [1.29, 1.82) is 0 Å². The van der Waals surface area contributed by atoms with Gasteiger partial charge in [-0.2, -0.15) is 0 Å². The molecule has 0 N–H and O–H groups in total. The molecule has 0 unspecified atom stereocenters. The van der Waals surface area contributed by atoms with E-state index in [-0.39, 0.29) is 4.90 Å². The van der Waals surface area contributed by atoms with Gasteiger partial charge in [-0.3, -0.25) is 0 Å². The highest BCUT2D eigenvalue weighted by molar-refractivity contribution is 7.91. The summed E-state index contributed by atoms with van der Waals surface area (Å²) in [6.07, 6.45) is -0.812. The second kappa shape index (κ2) is 5.31. The Balaban J connectivity index is 2.25. The van der Waals surface area contributed by atoms with Crippen molar-refractivity contribution in [3.8, 4) is 0 Å². The average molecular weight is 330 g/mol. The highest BCUT2D eigenvalue weighted by Crippen LogP contribution is 2.36. The van der Waals surface area contributed by atoms with Crippen molar-refractivity contribution in [1.82, 2.24) is 0 Å².